The molecular formula is C19H21FN2O3. The fourth-order valence-corrected chi connectivity index (χ4v) is 2.99. The van der Waals surface area contributed by atoms with Crippen molar-refractivity contribution in [3.63, 3.8) is 0 Å². The first kappa shape index (κ1) is 17.4. The van der Waals surface area contributed by atoms with E-state index in [4.69, 9.17) is 9.47 Å². The van der Waals surface area contributed by atoms with Gasteiger partial charge in [0.2, 0.25) is 0 Å². The van der Waals surface area contributed by atoms with Gasteiger partial charge < -0.3 is 14.8 Å². The summed E-state index contributed by atoms with van der Waals surface area (Å²) < 4.78 is 24.4. The van der Waals surface area contributed by atoms with Crippen molar-refractivity contribution < 1.29 is 18.7 Å². The highest BCUT2D eigenvalue weighted by atomic mass is 19.1. The third kappa shape index (κ3) is 4.14. The first-order valence-electron chi connectivity index (χ1n) is 8.32. The number of rotatable bonds is 5. The number of halogens is 1. The van der Waals surface area contributed by atoms with Crippen LogP contribution in [0.25, 0.3) is 0 Å². The van der Waals surface area contributed by atoms with Gasteiger partial charge in [0.25, 0.3) is 5.91 Å². The Balaban J connectivity index is 1.75. The highest BCUT2D eigenvalue weighted by Crippen LogP contribution is 2.32. The van der Waals surface area contributed by atoms with Crippen LogP contribution in [0.5, 0.6) is 5.75 Å². The molecule has 0 radical (unpaired) electrons. The van der Waals surface area contributed by atoms with Gasteiger partial charge in [-0.05, 0) is 49.6 Å². The Labute approximate surface area is 146 Å². The Bertz CT molecular complexity index is 700. The molecule has 5 nitrogen and oxygen atoms in total. The molecule has 1 aromatic heterocycles. The van der Waals surface area contributed by atoms with Crippen LogP contribution in [0.3, 0.4) is 0 Å². The normalized spacial score (nSPS) is 17.5. The number of amides is 1. The SMILES string of the molecule is C[C@H](Oc1cccnc1)C(=O)NC1(c2ccc(F)cc2)CCOCC1. The number of aromatic nitrogens is 1. The zero-order valence-electron chi connectivity index (χ0n) is 14.1. The number of benzene rings is 1. The maximum atomic E-state index is 13.3. The van der Waals surface area contributed by atoms with E-state index in [9.17, 15) is 9.18 Å². The molecule has 132 valence electrons. The highest BCUT2D eigenvalue weighted by molar-refractivity contribution is 5.81. The van der Waals surface area contributed by atoms with Gasteiger partial charge >= 0.3 is 0 Å². The molecule has 0 spiro atoms. The maximum absolute atomic E-state index is 13.3. The summed E-state index contributed by atoms with van der Waals surface area (Å²) >= 11 is 0. The van der Waals surface area contributed by atoms with E-state index < -0.39 is 11.6 Å². The van der Waals surface area contributed by atoms with E-state index in [1.165, 1.54) is 12.1 Å². The maximum Gasteiger partial charge on any atom is 0.261 e. The topological polar surface area (TPSA) is 60.5 Å². The summed E-state index contributed by atoms with van der Waals surface area (Å²) in [6.45, 7) is 2.77. The van der Waals surface area contributed by atoms with Crippen molar-refractivity contribution in [2.75, 3.05) is 13.2 Å². The van der Waals surface area contributed by atoms with E-state index in [1.54, 1.807) is 43.6 Å². The van der Waals surface area contributed by atoms with E-state index in [1.807, 2.05) is 0 Å². The Morgan fingerprint density at radius 3 is 2.64 bits per heavy atom. The lowest BCUT2D eigenvalue weighted by Crippen LogP contribution is -2.52. The fraction of sp³-hybridized carbons (Fsp3) is 0.368. The Kier molecular flexibility index (Phi) is 5.28. The summed E-state index contributed by atoms with van der Waals surface area (Å²) in [5.41, 5.74) is 0.300. The summed E-state index contributed by atoms with van der Waals surface area (Å²) in [7, 11) is 0. The lowest BCUT2D eigenvalue weighted by Gasteiger charge is -2.39. The predicted octanol–water partition coefficient (Wildman–Crippen LogP) is 2.81. The first-order valence-corrected chi connectivity index (χ1v) is 8.32. The molecule has 1 N–H and O–H groups in total. The number of hydrogen-bond acceptors (Lipinski definition) is 4. The van der Waals surface area contributed by atoms with Gasteiger partial charge in [0.15, 0.2) is 6.10 Å². The molecule has 0 saturated carbocycles. The Morgan fingerprint density at radius 1 is 1.28 bits per heavy atom. The largest absolute Gasteiger partial charge is 0.479 e. The molecule has 2 aromatic rings. The van der Waals surface area contributed by atoms with E-state index in [2.05, 4.69) is 10.3 Å². The molecule has 6 heteroatoms. The van der Waals surface area contributed by atoms with E-state index in [0.717, 1.165) is 5.56 Å². The number of nitrogens with zero attached hydrogens (tertiary/aromatic N) is 1. The molecule has 25 heavy (non-hydrogen) atoms. The summed E-state index contributed by atoms with van der Waals surface area (Å²) in [6, 6.07) is 9.75. The standard InChI is InChI=1S/C19H21FN2O3/c1-14(25-17-3-2-10-21-13-17)18(23)22-19(8-11-24-12-9-19)15-4-6-16(20)7-5-15/h2-7,10,13-14H,8-9,11-12H2,1H3,(H,22,23)/t14-/m0/s1. The molecule has 1 aliphatic heterocycles. The number of nitrogens with one attached hydrogen (secondary N) is 1. The highest BCUT2D eigenvalue weighted by Gasteiger charge is 2.37. The predicted molar refractivity (Wildman–Crippen MR) is 90.6 cm³/mol. The van der Waals surface area contributed by atoms with Crippen molar-refractivity contribution in [3.05, 3.63) is 60.2 Å². The molecule has 0 unspecified atom stereocenters. The number of carbonyl (C=O) groups excluding carboxylic acids is 1. The Morgan fingerprint density at radius 2 is 2.00 bits per heavy atom. The van der Waals surface area contributed by atoms with Crippen LogP contribution in [0, 0.1) is 5.82 Å². The van der Waals surface area contributed by atoms with Crippen molar-refractivity contribution in [3.8, 4) is 5.75 Å². The molecular weight excluding hydrogens is 323 g/mol. The average Bonchev–Trinajstić information content (AvgIpc) is 2.64. The van der Waals surface area contributed by atoms with Crippen LogP contribution in [-0.4, -0.2) is 30.2 Å². The van der Waals surface area contributed by atoms with Gasteiger partial charge in [-0.25, -0.2) is 4.39 Å². The number of carbonyl (C=O) groups is 1. The molecule has 0 bridgehead atoms. The minimum atomic E-state index is -0.677. The van der Waals surface area contributed by atoms with Crippen LogP contribution >= 0.6 is 0 Å². The van der Waals surface area contributed by atoms with Gasteiger partial charge in [0.1, 0.15) is 11.6 Å². The monoisotopic (exact) mass is 344 g/mol. The molecule has 1 atom stereocenters. The van der Waals surface area contributed by atoms with Crippen LogP contribution in [0.15, 0.2) is 48.8 Å². The fourth-order valence-electron chi connectivity index (χ4n) is 2.99. The van der Waals surface area contributed by atoms with E-state index >= 15 is 0 Å². The van der Waals surface area contributed by atoms with E-state index in [0.29, 0.717) is 31.8 Å². The van der Waals surface area contributed by atoms with Gasteiger partial charge in [-0.2, -0.15) is 0 Å². The van der Waals surface area contributed by atoms with Crippen molar-refractivity contribution in [1.29, 1.82) is 0 Å². The molecule has 1 amide bonds. The second-order valence-corrected chi connectivity index (χ2v) is 6.14. The van der Waals surface area contributed by atoms with Crippen LogP contribution in [0.4, 0.5) is 4.39 Å². The van der Waals surface area contributed by atoms with Crippen LogP contribution in [-0.2, 0) is 15.1 Å². The summed E-state index contributed by atoms with van der Waals surface area (Å²) in [6.07, 6.45) is 3.79. The summed E-state index contributed by atoms with van der Waals surface area (Å²) in [4.78, 5) is 16.7. The lowest BCUT2D eigenvalue weighted by atomic mass is 9.82. The van der Waals surface area contributed by atoms with Crippen molar-refractivity contribution in [2.24, 2.45) is 0 Å². The summed E-state index contributed by atoms with van der Waals surface area (Å²) in [5, 5.41) is 3.10. The van der Waals surface area contributed by atoms with Gasteiger partial charge in [-0.3, -0.25) is 9.78 Å². The van der Waals surface area contributed by atoms with E-state index in [-0.39, 0.29) is 11.7 Å². The molecule has 1 aliphatic rings. The van der Waals surface area contributed by atoms with Crippen LogP contribution in [0.2, 0.25) is 0 Å². The molecule has 0 aliphatic carbocycles. The van der Waals surface area contributed by atoms with Crippen molar-refractivity contribution >= 4 is 5.91 Å². The third-order valence-electron chi connectivity index (χ3n) is 4.42. The zero-order chi connectivity index (χ0) is 17.7. The zero-order valence-corrected chi connectivity index (χ0v) is 14.1. The quantitative estimate of drug-likeness (QED) is 0.906. The van der Waals surface area contributed by atoms with Crippen molar-refractivity contribution in [1.82, 2.24) is 10.3 Å². The van der Waals surface area contributed by atoms with Crippen molar-refractivity contribution in [2.45, 2.75) is 31.4 Å². The molecule has 3 rings (SSSR count). The van der Waals surface area contributed by atoms with Gasteiger partial charge in [-0.1, -0.05) is 12.1 Å². The van der Waals surface area contributed by atoms with Crippen LogP contribution < -0.4 is 10.1 Å². The van der Waals surface area contributed by atoms with Gasteiger partial charge in [0.05, 0.1) is 11.7 Å². The third-order valence-corrected chi connectivity index (χ3v) is 4.42. The first-order chi connectivity index (χ1) is 12.1. The molecule has 1 saturated heterocycles. The molecule has 1 fully saturated rings. The minimum Gasteiger partial charge on any atom is -0.479 e. The minimum absolute atomic E-state index is 0.227. The number of hydrogen-bond donors (Lipinski definition) is 1. The average molecular weight is 344 g/mol. The molecule has 1 aromatic carbocycles. The molecule has 2 heterocycles. The van der Waals surface area contributed by atoms with Crippen LogP contribution in [0.1, 0.15) is 25.3 Å². The number of pyridine rings is 1. The van der Waals surface area contributed by atoms with Gasteiger partial charge in [0, 0.05) is 19.4 Å². The second-order valence-electron chi connectivity index (χ2n) is 6.14. The number of ether oxygens (including phenoxy) is 2. The lowest BCUT2D eigenvalue weighted by molar-refractivity contribution is -0.130. The Hall–Kier alpha value is -2.47. The van der Waals surface area contributed by atoms with Gasteiger partial charge in [-0.15, -0.1) is 0 Å². The summed E-state index contributed by atoms with van der Waals surface area (Å²) in [5.74, 6) is 0.00797. The second kappa shape index (κ2) is 7.61. The smallest absolute Gasteiger partial charge is 0.261 e.